The Labute approximate surface area is 143 Å². The fourth-order valence-corrected chi connectivity index (χ4v) is 2.37. The van der Waals surface area contributed by atoms with Crippen molar-refractivity contribution in [3.63, 3.8) is 0 Å². The first-order chi connectivity index (χ1) is 11.6. The average Bonchev–Trinajstić information content (AvgIpc) is 2.45. The fourth-order valence-electron chi connectivity index (χ4n) is 2.37. The maximum atomic E-state index is 11.5. The van der Waals surface area contributed by atoms with Gasteiger partial charge in [0.1, 0.15) is 0 Å². The zero-order valence-corrected chi connectivity index (χ0v) is 14.2. The fraction of sp³-hybridized carbons (Fsp3) is 0.714. The molecule has 1 fully saturated rings. The molecule has 0 spiro atoms. The molecule has 0 amide bonds. The molecule has 0 bridgehead atoms. The quantitative estimate of drug-likeness (QED) is 0.328. The zero-order chi connectivity index (χ0) is 19.1. The van der Waals surface area contributed by atoms with E-state index in [0.29, 0.717) is 0 Å². The van der Waals surface area contributed by atoms with Gasteiger partial charge in [0, 0.05) is 27.7 Å². The second-order valence-electron chi connectivity index (χ2n) is 5.24. The van der Waals surface area contributed by atoms with E-state index in [9.17, 15) is 19.2 Å². The van der Waals surface area contributed by atoms with Crippen molar-refractivity contribution >= 4 is 23.9 Å². The number of carbonyl (C=O) groups is 4. The van der Waals surface area contributed by atoms with Gasteiger partial charge in [-0.15, -0.1) is 0 Å². The summed E-state index contributed by atoms with van der Waals surface area (Å²) >= 11 is 0. The standard InChI is InChI=1S/C14H20N2O9/c1-6(17)21-11-10(5-16-15)25-14(24-9(4)20)13(23-8(3)19)12(11)22-7(2)18/h10-14,16H,5H2,1-4H3. The number of carbonyl (C=O) groups excluding carboxylic acids is 4. The molecule has 11 nitrogen and oxygen atoms in total. The molecule has 1 N–H and O–H groups in total. The van der Waals surface area contributed by atoms with Gasteiger partial charge in [0.25, 0.3) is 0 Å². The van der Waals surface area contributed by atoms with Crippen molar-refractivity contribution in [2.45, 2.75) is 58.4 Å². The Morgan fingerprint density at radius 3 is 1.68 bits per heavy atom. The lowest BCUT2D eigenvalue weighted by molar-refractivity contribution is -0.503. The second-order valence-corrected chi connectivity index (χ2v) is 5.24. The lowest BCUT2D eigenvalue weighted by Crippen LogP contribution is -2.73. The Balaban J connectivity index is 3.28. The highest BCUT2D eigenvalue weighted by Gasteiger charge is 2.53. The predicted molar refractivity (Wildman–Crippen MR) is 76.3 cm³/mol. The van der Waals surface area contributed by atoms with Crippen molar-refractivity contribution in [3.8, 4) is 0 Å². The van der Waals surface area contributed by atoms with E-state index in [4.69, 9.17) is 29.2 Å². The van der Waals surface area contributed by atoms with Gasteiger partial charge < -0.3 is 34.3 Å². The van der Waals surface area contributed by atoms with Crippen LogP contribution in [0, 0.1) is 0 Å². The van der Waals surface area contributed by atoms with Crippen LogP contribution in [0.3, 0.4) is 0 Å². The Morgan fingerprint density at radius 2 is 1.24 bits per heavy atom. The van der Waals surface area contributed by atoms with E-state index >= 15 is 0 Å². The van der Waals surface area contributed by atoms with Gasteiger partial charge in [0.15, 0.2) is 24.9 Å². The third kappa shape index (κ3) is 6.10. The normalized spacial score (nSPS) is 28.4. The van der Waals surface area contributed by atoms with E-state index in [1.807, 2.05) is 5.11 Å². The molecule has 140 valence electrons. The molecule has 1 aliphatic heterocycles. The number of ether oxygens (including phenoxy) is 5. The smallest absolute Gasteiger partial charge is 0.305 e. The zero-order valence-electron chi connectivity index (χ0n) is 14.2. The number of hydrogen-bond acceptors (Lipinski definition) is 9. The summed E-state index contributed by atoms with van der Waals surface area (Å²) in [6, 6.07) is 0. The molecule has 0 saturated carbocycles. The molecule has 1 rings (SSSR count). The molecule has 5 unspecified atom stereocenters. The minimum Gasteiger partial charge on any atom is -0.508 e. The van der Waals surface area contributed by atoms with Crippen LogP contribution in [0.4, 0.5) is 0 Å². The summed E-state index contributed by atoms with van der Waals surface area (Å²) in [4.78, 5) is 45.5. The van der Waals surface area contributed by atoms with Gasteiger partial charge in [-0.05, 0) is 0 Å². The van der Waals surface area contributed by atoms with Crippen LogP contribution < -0.4 is 5.11 Å². The first-order valence-electron chi connectivity index (χ1n) is 7.37. The van der Waals surface area contributed by atoms with Crippen LogP contribution in [0.15, 0.2) is 0 Å². The van der Waals surface area contributed by atoms with Gasteiger partial charge in [-0.3, -0.25) is 19.2 Å². The number of nitrogens with zero attached hydrogens (tertiary/aromatic N) is 1. The molecule has 0 aliphatic carbocycles. The summed E-state index contributed by atoms with van der Waals surface area (Å²) in [5, 5.41) is 1.84. The Morgan fingerprint density at radius 1 is 0.800 bits per heavy atom. The molecule has 0 radical (unpaired) electrons. The van der Waals surface area contributed by atoms with E-state index in [1.165, 1.54) is 0 Å². The van der Waals surface area contributed by atoms with Gasteiger partial charge >= 0.3 is 23.9 Å². The molecule has 25 heavy (non-hydrogen) atoms. The summed E-state index contributed by atoms with van der Waals surface area (Å²) < 4.78 is 25.7. The molecule has 1 heterocycles. The summed E-state index contributed by atoms with van der Waals surface area (Å²) in [5.41, 5.74) is 8.95. The van der Waals surface area contributed by atoms with Gasteiger partial charge in [-0.2, -0.15) is 0 Å². The highest BCUT2D eigenvalue weighted by Crippen LogP contribution is 2.29. The first-order valence-corrected chi connectivity index (χ1v) is 7.37. The first kappa shape index (κ1) is 20.5. The van der Waals surface area contributed by atoms with Crippen LogP contribution >= 0.6 is 0 Å². The molecule has 0 aromatic rings. The van der Waals surface area contributed by atoms with Crippen LogP contribution in [0.5, 0.6) is 0 Å². The average molecular weight is 360 g/mol. The largest absolute Gasteiger partial charge is 0.508 e. The van der Waals surface area contributed by atoms with E-state index in [-0.39, 0.29) is 6.54 Å². The summed E-state index contributed by atoms with van der Waals surface area (Å²) in [6.07, 6.45) is -6.41. The molecule has 1 aliphatic rings. The third-order valence-corrected chi connectivity index (χ3v) is 3.07. The minimum absolute atomic E-state index is 0.250. The van der Waals surface area contributed by atoms with E-state index in [2.05, 4.69) is 0 Å². The molecule has 1 saturated heterocycles. The Bertz CT molecular complexity index is 550. The van der Waals surface area contributed by atoms with Crippen molar-refractivity contribution in [1.29, 1.82) is 0 Å². The SMILES string of the molecule is CC(=O)OC1OC(C[NH+]=[N-])C(OC(C)=O)C(OC(C)=O)C1OC(C)=O. The van der Waals surface area contributed by atoms with Crippen molar-refractivity contribution < 1.29 is 48.0 Å². The maximum absolute atomic E-state index is 11.5. The maximum Gasteiger partial charge on any atom is 0.305 e. The van der Waals surface area contributed by atoms with Crippen molar-refractivity contribution in [3.05, 3.63) is 5.53 Å². The van der Waals surface area contributed by atoms with Crippen LogP contribution in [-0.2, 0) is 42.9 Å². The number of hydrogen-bond donors (Lipinski definition) is 1. The highest BCUT2D eigenvalue weighted by atomic mass is 16.7. The monoisotopic (exact) mass is 360 g/mol. The van der Waals surface area contributed by atoms with E-state index < -0.39 is 54.6 Å². The van der Waals surface area contributed by atoms with Gasteiger partial charge in [-0.25, -0.2) is 0 Å². The van der Waals surface area contributed by atoms with E-state index in [0.717, 1.165) is 27.7 Å². The van der Waals surface area contributed by atoms with Crippen LogP contribution in [0.2, 0.25) is 0 Å². The lowest BCUT2D eigenvalue weighted by atomic mass is 9.97. The van der Waals surface area contributed by atoms with Gasteiger partial charge in [-0.1, -0.05) is 0 Å². The molecular formula is C14H20N2O9. The minimum atomic E-state index is -1.43. The van der Waals surface area contributed by atoms with Crippen LogP contribution in [0.25, 0.3) is 5.53 Å². The van der Waals surface area contributed by atoms with Crippen LogP contribution in [-0.4, -0.2) is 61.1 Å². The van der Waals surface area contributed by atoms with E-state index in [1.54, 1.807) is 0 Å². The van der Waals surface area contributed by atoms with Crippen LogP contribution in [0.1, 0.15) is 27.7 Å². The molecule has 0 aromatic heterocycles. The third-order valence-electron chi connectivity index (χ3n) is 3.07. The lowest BCUT2D eigenvalue weighted by Gasteiger charge is -2.42. The predicted octanol–water partition coefficient (Wildman–Crippen LogP) is -1.83. The summed E-state index contributed by atoms with van der Waals surface area (Å²) in [6.45, 7) is 4.17. The number of esters is 4. The topological polar surface area (TPSA) is 151 Å². The summed E-state index contributed by atoms with van der Waals surface area (Å²) in [7, 11) is 0. The van der Waals surface area contributed by atoms with Gasteiger partial charge in [0.05, 0.1) is 0 Å². The molecule has 0 aromatic carbocycles. The highest BCUT2D eigenvalue weighted by molar-refractivity contribution is 5.69. The Kier molecular flexibility index (Phi) is 7.43. The van der Waals surface area contributed by atoms with Crippen molar-refractivity contribution in [2.24, 2.45) is 0 Å². The second kappa shape index (κ2) is 9.06. The Hall–Kier alpha value is -2.56. The number of rotatable bonds is 6. The van der Waals surface area contributed by atoms with Crippen molar-refractivity contribution in [1.82, 2.24) is 0 Å². The summed E-state index contributed by atoms with van der Waals surface area (Å²) in [5.74, 6) is -2.98. The molecule has 11 heteroatoms. The molecular weight excluding hydrogens is 340 g/mol. The molecule has 5 atom stereocenters. The van der Waals surface area contributed by atoms with Crippen molar-refractivity contribution in [2.75, 3.05) is 6.54 Å². The van der Waals surface area contributed by atoms with Gasteiger partial charge in [0.2, 0.25) is 12.4 Å². The number of nitrogens with one attached hydrogen (secondary N) is 1.